The minimum Gasteiger partial charge on any atom is -0.497 e. The molecule has 1 aliphatic heterocycles. The van der Waals surface area contributed by atoms with E-state index in [0.717, 1.165) is 5.56 Å². The van der Waals surface area contributed by atoms with Crippen molar-refractivity contribution in [1.82, 2.24) is 9.88 Å². The zero-order valence-corrected chi connectivity index (χ0v) is 19.6. The predicted molar refractivity (Wildman–Crippen MR) is 129 cm³/mol. The fraction of sp³-hybridized carbons (Fsp3) is 0.182. The molecular weight excluding hydrogens is 466 g/mol. The Morgan fingerprint density at radius 1 is 1.19 bits per heavy atom. The average molecular weight is 488 g/mol. The van der Waals surface area contributed by atoms with E-state index in [4.69, 9.17) is 17.0 Å². The molecule has 1 fully saturated rings. The highest BCUT2D eigenvalue weighted by atomic mass is 32.2. The number of benzene rings is 2. The molecule has 4 rings (SSSR count). The number of nitrogens with one attached hydrogen (secondary N) is 1. The fourth-order valence-corrected chi connectivity index (χ4v) is 5.82. The summed E-state index contributed by atoms with van der Waals surface area (Å²) in [5.74, 6) is 0.952. The van der Waals surface area contributed by atoms with Crippen molar-refractivity contribution in [3.8, 4) is 5.75 Å². The van der Waals surface area contributed by atoms with Gasteiger partial charge < -0.3 is 14.7 Å². The molecule has 2 aromatic carbocycles. The van der Waals surface area contributed by atoms with Crippen molar-refractivity contribution in [3.05, 3.63) is 84.2 Å². The quantitative estimate of drug-likeness (QED) is 0.489. The molecule has 166 valence electrons. The summed E-state index contributed by atoms with van der Waals surface area (Å²) in [7, 11) is -2.24. The average Bonchev–Trinajstić information content (AvgIpc) is 3.09. The summed E-state index contributed by atoms with van der Waals surface area (Å²) < 4.78 is 33.6. The number of pyridine rings is 1. The molecule has 3 aromatic rings. The number of rotatable bonds is 7. The first-order chi connectivity index (χ1) is 15.3. The van der Waals surface area contributed by atoms with Crippen LogP contribution >= 0.6 is 24.0 Å². The topological polar surface area (TPSA) is 91.8 Å². The monoisotopic (exact) mass is 487 g/mol. The lowest BCUT2D eigenvalue weighted by atomic mass is 10.0. The maximum atomic E-state index is 12.7. The van der Waals surface area contributed by atoms with E-state index in [1.807, 2.05) is 12.1 Å². The SMILES string of the molecule is COc1ccc(S(=O)(=O)Nc2ccc(C3(O)CSC(=S)N3Cc3cccnc3)cc2)cc1. The number of aliphatic hydroxyl groups is 1. The van der Waals surface area contributed by atoms with E-state index in [-0.39, 0.29) is 4.90 Å². The van der Waals surface area contributed by atoms with Gasteiger partial charge in [-0.15, -0.1) is 0 Å². The Morgan fingerprint density at radius 3 is 2.53 bits per heavy atom. The molecule has 0 bridgehead atoms. The number of sulfonamides is 1. The minimum absolute atomic E-state index is 0.126. The van der Waals surface area contributed by atoms with Crippen molar-refractivity contribution in [2.24, 2.45) is 0 Å². The molecule has 0 aliphatic carbocycles. The van der Waals surface area contributed by atoms with Crippen LogP contribution in [0, 0.1) is 0 Å². The lowest BCUT2D eigenvalue weighted by Gasteiger charge is -2.34. The van der Waals surface area contributed by atoms with Gasteiger partial charge in [0.1, 0.15) is 10.1 Å². The van der Waals surface area contributed by atoms with Gasteiger partial charge in [0.2, 0.25) is 0 Å². The molecule has 2 N–H and O–H groups in total. The van der Waals surface area contributed by atoms with Crippen LogP contribution in [0.1, 0.15) is 11.1 Å². The van der Waals surface area contributed by atoms with E-state index >= 15 is 0 Å². The third-order valence-corrected chi connectivity index (χ3v) is 8.08. The van der Waals surface area contributed by atoms with E-state index < -0.39 is 15.7 Å². The third-order valence-electron chi connectivity index (χ3n) is 5.10. The molecule has 1 aliphatic rings. The molecule has 32 heavy (non-hydrogen) atoms. The highest BCUT2D eigenvalue weighted by molar-refractivity contribution is 8.23. The molecule has 0 saturated carbocycles. The fourth-order valence-electron chi connectivity index (χ4n) is 3.35. The van der Waals surface area contributed by atoms with Crippen LogP contribution in [0.25, 0.3) is 0 Å². The number of methoxy groups -OCH3 is 1. The lowest BCUT2D eigenvalue weighted by molar-refractivity contribution is -0.0508. The van der Waals surface area contributed by atoms with E-state index in [9.17, 15) is 13.5 Å². The van der Waals surface area contributed by atoms with Crippen LogP contribution in [-0.2, 0) is 22.3 Å². The molecule has 1 saturated heterocycles. The van der Waals surface area contributed by atoms with Crippen LogP contribution in [0.4, 0.5) is 5.69 Å². The van der Waals surface area contributed by atoms with Crippen molar-refractivity contribution in [1.29, 1.82) is 0 Å². The number of thiocarbonyl (C=S) groups is 1. The number of ether oxygens (including phenoxy) is 1. The van der Waals surface area contributed by atoms with Crippen LogP contribution in [0.5, 0.6) is 5.75 Å². The summed E-state index contributed by atoms with van der Waals surface area (Å²) >= 11 is 6.87. The van der Waals surface area contributed by atoms with Crippen LogP contribution in [0.3, 0.4) is 0 Å². The van der Waals surface area contributed by atoms with Gasteiger partial charge in [0.15, 0.2) is 5.72 Å². The molecule has 1 atom stereocenters. The zero-order chi connectivity index (χ0) is 22.8. The Morgan fingerprint density at radius 2 is 1.91 bits per heavy atom. The van der Waals surface area contributed by atoms with E-state index in [0.29, 0.717) is 33.6 Å². The molecular formula is C22H21N3O4S3. The zero-order valence-electron chi connectivity index (χ0n) is 17.1. The molecule has 10 heteroatoms. The van der Waals surface area contributed by atoms with Crippen LogP contribution < -0.4 is 9.46 Å². The summed E-state index contributed by atoms with van der Waals surface area (Å²) in [5, 5.41) is 11.5. The first kappa shape index (κ1) is 22.5. The van der Waals surface area contributed by atoms with Gasteiger partial charge in [0.05, 0.1) is 17.8 Å². The van der Waals surface area contributed by atoms with Gasteiger partial charge in [-0.2, -0.15) is 0 Å². The van der Waals surface area contributed by atoms with Crippen molar-refractivity contribution < 1.29 is 18.3 Å². The first-order valence-corrected chi connectivity index (χ1v) is 12.5. The normalized spacial score (nSPS) is 18.6. The van der Waals surface area contributed by atoms with Gasteiger partial charge in [-0.05, 0) is 48.0 Å². The summed E-state index contributed by atoms with van der Waals surface area (Å²) in [4.78, 5) is 6.01. The van der Waals surface area contributed by atoms with Crippen molar-refractivity contribution >= 4 is 44.0 Å². The second-order valence-corrected chi connectivity index (χ2v) is 10.5. The highest BCUT2D eigenvalue weighted by Crippen LogP contribution is 2.40. The second-order valence-electron chi connectivity index (χ2n) is 7.18. The number of anilines is 1. The Kier molecular flexibility index (Phi) is 6.38. The second kappa shape index (κ2) is 9.07. The highest BCUT2D eigenvalue weighted by Gasteiger charge is 2.44. The Hall–Kier alpha value is -2.66. The Balaban J connectivity index is 1.53. The largest absolute Gasteiger partial charge is 0.497 e. The number of hydrogen-bond acceptors (Lipinski definition) is 7. The molecule has 0 amide bonds. The lowest BCUT2D eigenvalue weighted by Crippen LogP contribution is -2.44. The van der Waals surface area contributed by atoms with E-state index in [1.54, 1.807) is 53.7 Å². The number of hydrogen-bond donors (Lipinski definition) is 2. The number of aromatic nitrogens is 1. The van der Waals surface area contributed by atoms with Crippen molar-refractivity contribution in [3.63, 3.8) is 0 Å². The predicted octanol–water partition coefficient (Wildman–Crippen LogP) is 3.57. The summed E-state index contributed by atoms with van der Waals surface area (Å²) in [5.41, 5.74) is 0.645. The Bertz CT molecular complexity index is 1200. The third kappa shape index (κ3) is 4.58. The molecule has 1 unspecified atom stereocenters. The molecule has 1 aromatic heterocycles. The van der Waals surface area contributed by atoms with E-state index in [2.05, 4.69) is 9.71 Å². The number of nitrogens with zero attached hydrogens (tertiary/aromatic N) is 2. The molecule has 0 spiro atoms. The number of thioether (sulfide) groups is 1. The summed E-state index contributed by atoms with van der Waals surface area (Å²) in [6.45, 7) is 0.419. The maximum Gasteiger partial charge on any atom is 0.261 e. The molecule has 7 nitrogen and oxygen atoms in total. The minimum atomic E-state index is -3.76. The summed E-state index contributed by atoms with van der Waals surface area (Å²) in [6.07, 6.45) is 3.43. The van der Waals surface area contributed by atoms with Gasteiger partial charge in [0, 0.05) is 30.2 Å². The molecule has 0 radical (unpaired) electrons. The maximum absolute atomic E-state index is 12.7. The van der Waals surface area contributed by atoms with Gasteiger partial charge in [-0.3, -0.25) is 9.71 Å². The van der Waals surface area contributed by atoms with Crippen molar-refractivity contribution in [2.45, 2.75) is 17.2 Å². The first-order valence-electron chi connectivity index (χ1n) is 9.65. The van der Waals surface area contributed by atoms with Crippen LogP contribution in [0.15, 0.2) is 78.0 Å². The molecule has 2 heterocycles. The van der Waals surface area contributed by atoms with Gasteiger partial charge >= 0.3 is 0 Å². The van der Waals surface area contributed by atoms with Gasteiger partial charge in [-0.1, -0.05) is 42.2 Å². The standard InChI is InChI=1S/C22H21N3O4S3/c1-29-19-8-10-20(11-9-19)32(27,28)24-18-6-4-17(5-7-18)22(26)15-31-21(30)25(22)14-16-3-2-12-23-13-16/h2-13,24,26H,14-15H2,1H3. The van der Waals surface area contributed by atoms with Crippen molar-refractivity contribution in [2.75, 3.05) is 17.6 Å². The van der Waals surface area contributed by atoms with Crippen LogP contribution in [0.2, 0.25) is 0 Å². The van der Waals surface area contributed by atoms with Crippen LogP contribution in [-0.4, -0.2) is 40.6 Å². The van der Waals surface area contributed by atoms with Gasteiger partial charge in [0.25, 0.3) is 10.0 Å². The smallest absolute Gasteiger partial charge is 0.261 e. The Labute approximate surface area is 196 Å². The summed E-state index contributed by atoms with van der Waals surface area (Å²) in [6, 6.07) is 16.6. The van der Waals surface area contributed by atoms with E-state index in [1.165, 1.54) is 31.0 Å². The van der Waals surface area contributed by atoms with Gasteiger partial charge in [-0.25, -0.2) is 8.42 Å².